The number of nitrogens with zero attached hydrogens (tertiary/aromatic N) is 3. The van der Waals surface area contributed by atoms with Crippen LogP contribution in [-0.2, 0) is 0 Å². The molecular formula is C11H16N4O. The lowest BCUT2D eigenvalue weighted by Gasteiger charge is -2.11. The maximum Gasteiger partial charge on any atom is 0.260 e. The standard InChI is InChI=1S/C11H16N4O/c1-4-12-9-7-15-6-5-13-10(15)11(14-9)16-8(2)3/h5-8,12H,4H2,1-3H3. The summed E-state index contributed by atoms with van der Waals surface area (Å²) in [5, 5.41) is 3.16. The molecule has 86 valence electrons. The zero-order valence-corrected chi connectivity index (χ0v) is 9.77. The van der Waals surface area contributed by atoms with Gasteiger partial charge in [-0.25, -0.2) is 4.98 Å². The Bertz CT molecular complexity index is 478. The SMILES string of the molecule is CCNc1cn2ccnc2c(OC(C)C)n1. The van der Waals surface area contributed by atoms with Crippen molar-refractivity contribution in [2.24, 2.45) is 0 Å². The molecule has 2 aromatic heterocycles. The van der Waals surface area contributed by atoms with Crippen LogP contribution in [0.25, 0.3) is 5.65 Å². The largest absolute Gasteiger partial charge is 0.472 e. The molecule has 2 aromatic rings. The molecular weight excluding hydrogens is 204 g/mol. The van der Waals surface area contributed by atoms with Gasteiger partial charge < -0.3 is 10.1 Å². The molecule has 0 saturated carbocycles. The number of anilines is 1. The van der Waals surface area contributed by atoms with Gasteiger partial charge in [-0.1, -0.05) is 0 Å². The quantitative estimate of drug-likeness (QED) is 0.855. The highest BCUT2D eigenvalue weighted by atomic mass is 16.5. The van der Waals surface area contributed by atoms with Crippen molar-refractivity contribution in [2.75, 3.05) is 11.9 Å². The van der Waals surface area contributed by atoms with E-state index in [9.17, 15) is 0 Å². The van der Waals surface area contributed by atoms with E-state index in [1.807, 2.05) is 37.6 Å². The lowest BCUT2D eigenvalue weighted by atomic mass is 10.5. The molecule has 2 rings (SSSR count). The first-order chi connectivity index (χ1) is 7.70. The number of imidazole rings is 1. The van der Waals surface area contributed by atoms with Crippen LogP contribution in [0.3, 0.4) is 0 Å². The summed E-state index contributed by atoms with van der Waals surface area (Å²) < 4.78 is 7.54. The monoisotopic (exact) mass is 220 g/mol. The van der Waals surface area contributed by atoms with Gasteiger partial charge in [0.25, 0.3) is 5.88 Å². The third-order valence-electron chi connectivity index (χ3n) is 2.05. The highest BCUT2D eigenvalue weighted by Crippen LogP contribution is 2.19. The first-order valence-electron chi connectivity index (χ1n) is 5.45. The number of rotatable bonds is 4. The van der Waals surface area contributed by atoms with Crippen LogP contribution in [0.15, 0.2) is 18.6 Å². The summed E-state index contributed by atoms with van der Waals surface area (Å²) in [7, 11) is 0. The van der Waals surface area contributed by atoms with E-state index >= 15 is 0 Å². The molecule has 0 unspecified atom stereocenters. The number of nitrogens with one attached hydrogen (secondary N) is 1. The van der Waals surface area contributed by atoms with Crippen molar-refractivity contribution in [3.8, 4) is 5.88 Å². The molecule has 16 heavy (non-hydrogen) atoms. The van der Waals surface area contributed by atoms with E-state index in [0.29, 0.717) is 5.88 Å². The fourth-order valence-electron chi connectivity index (χ4n) is 1.47. The number of fused-ring (bicyclic) bond motifs is 1. The van der Waals surface area contributed by atoms with Gasteiger partial charge in [-0.15, -0.1) is 0 Å². The van der Waals surface area contributed by atoms with Crippen molar-refractivity contribution in [1.82, 2.24) is 14.4 Å². The number of hydrogen-bond acceptors (Lipinski definition) is 4. The lowest BCUT2D eigenvalue weighted by Crippen LogP contribution is -2.10. The summed E-state index contributed by atoms with van der Waals surface area (Å²) in [6, 6.07) is 0. The number of hydrogen-bond donors (Lipinski definition) is 1. The van der Waals surface area contributed by atoms with E-state index in [2.05, 4.69) is 15.3 Å². The van der Waals surface area contributed by atoms with Crippen LogP contribution < -0.4 is 10.1 Å². The van der Waals surface area contributed by atoms with Crippen molar-refractivity contribution in [1.29, 1.82) is 0 Å². The molecule has 0 aliphatic rings. The Hall–Kier alpha value is -1.78. The molecule has 5 nitrogen and oxygen atoms in total. The van der Waals surface area contributed by atoms with Gasteiger partial charge in [0.2, 0.25) is 5.65 Å². The minimum Gasteiger partial charge on any atom is -0.472 e. The Balaban J connectivity index is 2.46. The summed E-state index contributed by atoms with van der Waals surface area (Å²) in [5.41, 5.74) is 0.746. The maximum absolute atomic E-state index is 5.64. The summed E-state index contributed by atoms with van der Waals surface area (Å²) in [6.07, 6.45) is 5.61. The van der Waals surface area contributed by atoms with Crippen LogP contribution >= 0.6 is 0 Å². The molecule has 0 atom stereocenters. The first-order valence-corrected chi connectivity index (χ1v) is 5.45. The van der Waals surface area contributed by atoms with Gasteiger partial charge in [-0.3, -0.25) is 4.40 Å². The van der Waals surface area contributed by atoms with Gasteiger partial charge >= 0.3 is 0 Å². The van der Waals surface area contributed by atoms with Crippen LogP contribution in [0.4, 0.5) is 5.82 Å². The van der Waals surface area contributed by atoms with Crippen LogP contribution in [0, 0.1) is 0 Å². The molecule has 0 saturated heterocycles. The lowest BCUT2D eigenvalue weighted by molar-refractivity contribution is 0.235. The van der Waals surface area contributed by atoms with Crippen LogP contribution in [0.5, 0.6) is 5.88 Å². The summed E-state index contributed by atoms with van der Waals surface area (Å²) in [4.78, 5) is 8.61. The normalized spacial score (nSPS) is 11.0. The highest BCUT2D eigenvalue weighted by Gasteiger charge is 2.09. The van der Waals surface area contributed by atoms with Crippen LogP contribution in [-0.4, -0.2) is 27.0 Å². The van der Waals surface area contributed by atoms with Gasteiger partial charge in [0.15, 0.2) is 0 Å². The van der Waals surface area contributed by atoms with Crippen molar-refractivity contribution >= 4 is 11.5 Å². The van der Waals surface area contributed by atoms with Gasteiger partial charge in [0, 0.05) is 18.9 Å². The van der Waals surface area contributed by atoms with E-state index < -0.39 is 0 Å². The third kappa shape index (κ3) is 2.08. The molecule has 0 aromatic carbocycles. The van der Waals surface area contributed by atoms with Gasteiger partial charge in [0.1, 0.15) is 5.82 Å². The fourth-order valence-corrected chi connectivity index (χ4v) is 1.47. The summed E-state index contributed by atoms with van der Waals surface area (Å²) >= 11 is 0. The molecule has 0 amide bonds. The second-order valence-corrected chi connectivity index (χ2v) is 3.79. The predicted octanol–water partition coefficient (Wildman–Crippen LogP) is 1.95. The number of ether oxygens (including phenoxy) is 1. The van der Waals surface area contributed by atoms with E-state index in [-0.39, 0.29) is 6.10 Å². The Morgan fingerprint density at radius 1 is 1.50 bits per heavy atom. The van der Waals surface area contributed by atoms with E-state index in [1.54, 1.807) is 6.20 Å². The molecule has 0 fully saturated rings. The molecule has 0 spiro atoms. The molecule has 0 radical (unpaired) electrons. The molecule has 0 bridgehead atoms. The van der Waals surface area contributed by atoms with E-state index in [4.69, 9.17) is 4.74 Å². The molecule has 2 heterocycles. The second-order valence-electron chi connectivity index (χ2n) is 3.79. The van der Waals surface area contributed by atoms with E-state index in [1.165, 1.54) is 0 Å². The zero-order valence-electron chi connectivity index (χ0n) is 9.77. The molecule has 1 N–H and O–H groups in total. The summed E-state index contributed by atoms with van der Waals surface area (Å²) in [5.74, 6) is 1.36. The topological polar surface area (TPSA) is 51.5 Å². The Kier molecular flexibility index (Phi) is 2.94. The minimum absolute atomic E-state index is 0.0878. The van der Waals surface area contributed by atoms with Gasteiger partial charge in [0.05, 0.1) is 12.3 Å². The Morgan fingerprint density at radius 2 is 2.31 bits per heavy atom. The average Bonchev–Trinajstić information content (AvgIpc) is 2.65. The van der Waals surface area contributed by atoms with Crippen molar-refractivity contribution in [3.05, 3.63) is 18.6 Å². The van der Waals surface area contributed by atoms with Gasteiger partial charge in [-0.05, 0) is 20.8 Å². The minimum atomic E-state index is 0.0878. The number of aromatic nitrogens is 3. The van der Waals surface area contributed by atoms with Crippen molar-refractivity contribution in [2.45, 2.75) is 26.9 Å². The molecule has 0 aliphatic carbocycles. The van der Waals surface area contributed by atoms with Crippen LogP contribution in [0.2, 0.25) is 0 Å². The van der Waals surface area contributed by atoms with Crippen LogP contribution in [0.1, 0.15) is 20.8 Å². The smallest absolute Gasteiger partial charge is 0.260 e. The first kappa shape index (κ1) is 10.7. The maximum atomic E-state index is 5.64. The molecule has 0 aliphatic heterocycles. The van der Waals surface area contributed by atoms with E-state index in [0.717, 1.165) is 18.0 Å². The van der Waals surface area contributed by atoms with Crippen molar-refractivity contribution < 1.29 is 4.74 Å². The second kappa shape index (κ2) is 4.38. The van der Waals surface area contributed by atoms with Crippen molar-refractivity contribution in [3.63, 3.8) is 0 Å². The van der Waals surface area contributed by atoms with Gasteiger partial charge in [-0.2, -0.15) is 4.98 Å². The zero-order chi connectivity index (χ0) is 11.5. The average molecular weight is 220 g/mol. The fraction of sp³-hybridized carbons (Fsp3) is 0.455. The Labute approximate surface area is 94.5 Å². The Morgan fingerprint density at radius 3 is 3.00 bits per heavy atom. The summed E-state index contributed by atoms with van der Waals surface area (Å²) in [6.45, 7) is 6.80. The predicted molar refractivity (Wildman–Crippen MR) is 62.9 cm³/mol. The molecule has 5 heteroatoms. The highest BCUT2D eigenvalue weighted by molar-refractivity contribution is 5.53. The third-order valence-corrected chi connectivity index (χ3v) is 2.05.